The van der Waals surface area contributed by atoms with Gasteiger partial charge >= 0.3 is 0 Å². The Hall–Kier alpha value is -1.06. The molecule has 0 radical (unpaired) electrons. The van der Waals surface area contributed by atoms with Crippen LogP contribution in [0.25, 0.3) is 0 Å². The van der Waals surface area contributed by atoms with E-state index in [4.69, 9.17) is 0 Å². The van der Waals surface area contributed by atoms with Crippen molar-refractivity contribution >= 4 is 12.7 Å². The SMILES string of the molecule is C=NC1=NCN=N1. The molecule has 0 bridgehead atoms. The molecule has 4 nitrogen and oxygen atoms in total. The van der Waals surface area contributed by atoms with Crippen LogP contribution in [0.15, 0.2) is 20.2 Å². The second kappa shape index (κ2) is 1.59. The van der Waals surface area contributed by atoms with E-state index in [1.54, 1.807) is 0 Å². The molecule has 0 atom stereocenters. The molecule has 0 aromatic heterocycles. The second-order valence-electron chi connectivity index (χ2n) is 0.999. The molecule has 1 aliphatic heterocycles. The summed E-state index contributed by atoms with van der Waals surface area (Å²) >= 11 is 0. The number of hydrogen-bond acceptors (Lipinski definition) is 4. The monoisotopic (exact) mass is 96.0 g/mol. The first-order chi connectivity index (χ1) is 3.43. The zero-order chi connectivity index (χ0) is 5.11. The molecule has 0 aliphatic carbocycles. The fourth-order valence-corrected chi connectivity index (χ4v) is 0.303. The van der Waals surface area contributed by atoms with Crippen molar-refractivity contribution in [3.63, 3.8) is 0 Å². The standard InChI is InChI=1S/C3H4N4/c1-4-3-5-2-6-7-3/h1-2H2. The van der Waals surface area contributed by atoms with Crippen molar-refractivity contribution in [3.8, 4) is 0 Å². The molecule has 0 N–H and O–H groups in total. The zero-order valence-electron chi connectivity index (χ0n) is 3.70. The van der Waals surface area contributed by atoms with Gasteiger partial charge in [-0.25, -0.2) is 9.98 Å². The highest BCUT2D eigenvalue weighted by Gasteiger charge is 1.93. The Balaban J connectivity index is 2.69. The van der Waals surface area contributed by atoms with E-state index in [9.17, 15) is 0 Å². The molecule has 0 amide bonds. The van der Waals surface area contributed by atoms with Gasteiger partial charge in [0.25, 0.3) is 5.96 Å². The molecule has 0 fully saturated rings. The number of rotatable bonds is 0. The first kappa shape index (κ1) is 4.11. The Kier molecular flexibility index (Phi) is 0.934. The van der Waals surface area contributed by atoms with Gasteiger partial charge in [0.15, 0.2) is 6.67 Å². The van der Waals surface area contributed by atoms with Crippen LogP contribution in [-0.4, -0.2) is 19.3 Å². The first-order valence-electron chi connectivity index (χ1n) is 1.82. The third kappa shape index (κ3) is 0.677. The lowest BCUT2D eigenvalue weighted by molar-refractivity contribution is 1.05. The van der Waals surface area contributed by atoms with E-state index < -0.39 is 0 Å². The van der Waals surface area contributed by atoms with Crippen LogP contribution >= 0.6 is 0 Å². The number of nitrogens with zero attached hydrogens (tertiary/aromatic N) is 4. The predicted octanol–water partition coefficient (Wildman–Crippen LogP) is 0.466. The highest BCUT2D eigenvalue weighted by molar-refractivity contribution is 5.85. The van der Waals surface area contributed by atoms with Gasteiger partial charge in [0.2, 0.25) is 0 Å². The van der Waals surface area contributed by atoms with Gasteiger partial charge in [0.1, 0.15) is 0 Å². The van der Waals surface area contributed by atoms with Gasteiger partial charge in [-0.15, -0.1) is 5.11 Å². The van der Waals surface area contributed by atoms with Crippen LogP contribution in [-0.2, 0) is 0 Å². The quantitative estimate of drug-likeness (QED) is 0.393. The Bertz CT molecular complexity index is 134. The maximum absolute atomic E-state index is 3.71. The Morgan fingerprint density at radius 1 is 1.71 bits per heavy atom. The minimum Gasteiger partial charge on any atom is -0.227 e. The summed E-state index contributed by atoms with van der Waals surface area (Å²) < 4.78 is 0. The van der Waals surface area contributed by atoms with Gasteiger partial charge in [0.05, 0.1) is 0 Å². The van der Waals surface area contributed by atoms with Crippen molar-refractivity contribution in [2.45, 2.75) is 0 Å². The van der Waals surface area contributed by atoms with Gasteiger partial charge in [-0.05, 0) is 6.72 Å². The van der Waals surface area contributed by atoms with E-state index in [0.29, 0.717) is 12.6 Å². The van der Waals surface area contributed by atoms with Gasteiger partial charge < -0.3 is 0 Å². The Labute approximate surface area is 40.7 Å². The molecule has 4 heteroatoms. The lowest BCUT2D eigenvalue weighted by Crippen LogP contribution is -1.78. The van der Waals surface area contributed by atoms with Crippen LogP contribution in [0.5, 0.6) is 0 Å². The summed E-state index contributed by atoms with van der Waals surface area (Å²) in [5.74, 6) is 0.389. The summed E-state index contributed by atoms with van der Waals surface area (Å²) in [5, 5.41) is 7.02. The minimum atomic E-state index is 0.389. The van der Waals surface area contributed by atoms with Crippen LogP contribution in [0.2, 0.25) is 0 Å². The summed E-state index contributed by atoms with van der Waals surface area (Å²) in [6.07, 6.45) is 0. The first-order valence-corrected chi connectivity index (χ1v) is 1.82. The molecule has 0 aromatic rings. The van der Waals surface area contributed by atoms with Gasteiger partial charge in [-0.2, -0.15) is 5.11 Å². The van der Waals surface area contributed by atoms with Crippen molar-refractivity contribution in [2.75, 3.05) is 6.67 Å². The van der Waals surface area contributed by atoms with Crippen LogP contribution in [0.3, 0.4) is 0 Å². The molecular weight excluding hydrogens is 92.1 g/mol. The smallest absolute Gasteiger partial charge is 0.227 e. The second-order valence-corrected chi connectivity index (χ2v) is 0.999. The predicted molar refractivity (Wildman–Crippen MR) is 26.7 cm³/mol. The minimum absolute atomic E-state index is 0.389. The van der Waals surface area contributed by atoms with Gasteiger partial charge in [-0.1, -0.05) is 0 Å². The molecule has 1 rings (SSSR count). The molecule has 0 saturated carbocycles. The van der Waals surface area contributed by atoms with Crippen molar-refractivity contribution in [3.05, 3.63) is 0 Å². The van der Waals surface area contributed by atoms with E-state index >= 15 is 0 Å². The van der Waals surface area contributed by atoms with Gasteiger partial charge in [-0.3, -0.25) is 0 Å². The van der Waals surface area contributed by atoms with Crippen molar-refractivity contribution in [1.82, 2.24) is 0 Å². The molecular formula is C3H4N4. The summed E-state index contributed by atoms with van der Waals surface area (Å²) in [7, 11) is 0. The molecule has 0 unspecified atom stereocenters. The summed E-state index contributed by atoms with van der Waals surface area (Å²) in [6, 6.07) is 0. The molecule has 36 valence electrons. The van der Waals surface area contributed by atoms with Crippen LogP contribution < -0.4 is 0 Å². The maximum Gasteiger partial charge on any atom is 0.265 e. The third-order valence-electron chi connectivity index (χ3n) is 0.577. The molecule has 0 spiro atoms. The maximum atomic E-state index is 3.71. The molecule has 0 aromatic carbocycles. The van der Waals surface area contributed by atoms with E-state index in [0.717, 1.165) is 0 Å². The number of azo groups is 1. The van der Waals surface area contributed by atoms with Crippen LogP contribution in [0, 0.1) is 0 Å². The lowest BCUT2D eigenvalue weighted by atomic mass is 11.0. The van der Waals surface area contributed by atoms with Crippen molar-refractivity contribution in [2.24, 2.45) is 20.2 Å². The van der Waals surface area contributed by atoms with E-state index in [-0.39, 0.29) is 0 Å². The normalized spacial score (nSPS) is 16.9. The molecule has 1 heterocycles. The molecule has 1 aliphatic rings. The summed E-state index contributed by atoms with van der Waals surface area (Å²) in [4.78, 5) is 7.14. The Morgan fingerprint density at radius 2 is 2.57 bits per heavy atom. The van der Waals surface area contributed by atoms with Crippen molar-refractivity contribution in [1.29, 1.82) is 0 Å². The Morgan fingerprint density at radius 3 is 2.86 bits per heavy atom. The topological polar surface area (TPSA) is 49.4 Å². The van der Waals surface area contributed by atoms with E-state index in [2.05, 4.69) is 26.9 Å². The summed E-state index contributed by atoms with van der Waals surface area (Å²) in [5.41, 5.74) is 0. The zero-order valence-corrected chi connectivity index (χ0v) is 3.70. The lowest BCUT2D eigenvalue weighted by Gasteiger charge is -1.72. The fraction of sp³-hybridized carbons (Fsp3) is 0.333. The fourth-order valence-electron chi connectivity index (χ4n) is 0.303. The van der Waals surface area contributed by atoms with Crippen LogP contribution in [0.4, 0.5) is 0 Å². The van der Waals surface area contributed by atoms with Crippen LogP contribution in [0.1, 0.15) is 0 Å². The highest BCUT2D eigenvalue weighted by atomic mass is 15.3. The number of aliphatic imine (C=N–C) groups is 2. The average Bonchev–Trinajstić information content (AvgIpc) is 2.14. The van der Waals surface area contributed by atoms with E-state index in [1.807, 2.05) is 0 Å². The number of guanidine groups is 1. The average molecular weight is 96.1 g/mol. The largest absolute Gasteiger partial charge is 0.265 e. The third-order valence-corrected chi connectivity index (χ3v) is 0.577. The van der Waals surface area contributed by atoms with E-state index in [1.165, 1.54) is 0 Å². The molecule has 7 heavy (non-hydrogen) atoms. The van der Waals surface area contributed by atoms with Gasteiger partial charge in [0, 0.05) is 0 Å². The highest BCUT2D eigenvalue weighted by Crippen LogP contribution is 1.92. The molecule has 0 saturated heterocycles. The summed E-state index contributed by atoms with van der Waals surface area (Å²) in [6.45, 7) is 3.62. The number of hydrogen-bond donors (Lipinski definition) is 0. The van der Waals surface area contributed by atoms with Crippen molar-refractivity contribution < 1.29 is 0 Å².